The molecule has 0 amide bonds. The van der Waals surface area contributed by atoms with Crippen molar-refractivity contribution in [3.8, 4) is 11.5 Å². The maximum Gasteiger partial charge on any atom is 0.244 e. The summed E-state index contributed by atoms with van der Waals surface area (Å²) < 4.78 is 38.4. The lowest BCUT2D eigenvalue weighted by molar-refractivity contribution is 0.352. The van der Waals surface area contributed by atoms with E-state index in [4.69, 9.17) is 9.47 Å². The topological polar surface area (TPSA) is 67.9 Å². The van der Waals surface area contributed by atoms with Crippen molar-refractivity contribution in [2.75, 3.05) is 34.4 Å². The van der Waals surface area contributed by atoms with Crippen LogP contribution in [-0.2, 0) is 10.0 Å². The average Bonchev–Trinajstić information content (AvgIpc) is 2.96. The summed E-state index contributed by atoms with van der Waals surface area (Å²) in [5.74, 6) is 0.884. The number of nitrogens with zero attached hydrogens (tertiary/aromatic N) is 1. The highest BCUT2D eigenvalue weighted by Crippen LogP contribution is 2.38. The van der Waals surface area contributed by atoms with Crippen LogP contribution >= 0.6 is 15.9 Å². The second-order valence-electron chi connectivity index (χ2n) is 5.11. The predicted octanol–water partition coefficient (Wildman–Crippen LogP) is 1.84. The van der Waals surface area contributed by atoms with Crippen LogP contribution in [0.25, 0.3) is 0 Å². The summed E-state index contributed by atoms with van der Waals surface area (Å²) >= 11 is 3.34. The van der Waals surface area contributed by atoms with Gasteiger partial charge in [0.1, 0.15) is 4.90 Å². The summed E-state index contributed by atoms with van der Waals surface area (Å²) in [6, 6.07) is 3.11. The minimum absolute atomic E-state index is 0.0185. The van der Waals surface area contributed by atoms with Gasteiger partial charge in [0.25, 0.3) is 0 Å². The van der Waals surface area contributed by atoms with E-state index in [0.29, 0.717) is 29.1 Å². The van der Waals surface area contributed by atoms with Crippen LogP contribution in [0, 0.1) is 0 Å². The molecule has 1 aliphatic rings. The Labute approximate surface area is 140 Å². The fourth-order valence-electron chi connectivity index (χ4n) is 2.72. The SMILES string of the molecule is CNC[C@@H]1CCCN1S(=O)(=O)c1cc(OC)c(OC)cc1Br. The molecule has 1 saturated heterocycles. The van der Waals surface area contributed by atoms with Crippen LogP contribution in [0.1, 0.15) is 12.8 Å². The smallest absolute Gasteiger partial charge is 0.244 e. The molecule has 0 spiro atoms. The van der Waals surface area contributed by atoms with E-state index in [0.717, 1.165) is 12.8 Å². The van der Waals surface area contributed by atoms with Gasteiger partial charge in [0.15, 0.2) is 11.5 Å². The van der Waals surface area contributed by atoms with Gasteiger partial charge in [-0.1, -0.05) is 0 Å². The zero-order valence-electron chi connectivity index (χ0n) is 12.9. The van der Waals surface area contributed by atoms with Gasteiger partial charge in [-0.2, -0.15) is 4.31 Å². The average molecular weight is 393 g/mol. The Morgan fingerprint density at radius 3 is 2.55 bits per heavy atom. The van der Waals surface area contributed by atoms with E-state index in [-0.39, 0.29) is 10.9 Å². The minimum Gasteiger partial charge on any atom is -0.493 e. The van der Waals surface area contributed by atoms with Crippen LogP contribution < -0.4 is 14.8 Å². The Hall–Kier alpha value is -0.830. The van der Waals surface area contributed by atoms with Gasteiger partial charge in [-0.05, 0) is 41.9 Å². The number of benzene rings is 1. The van der Waals surface area contributed by atoms with E-state index in [9.17, 15) is 8.42 Å². The summed E-state index contributed by atoms with van der Waals surface area (Å²) in [6.07, 6.45) is 1.74. The van der Waals surface area contributed by atoms with Crippen LogP contribution in [-0.4, -0.2) is 53.1 Å². The molecule has 124 valence electrons. The van der Waals surface area contributed by atoms with Crippen LogP contribution in [0.3, 0.4) is 0 Å². The molecule has 0 radical (unpaired) electrons. The van der Waals surface area contributed by atoms with Gasteiger partial charge in [0.05, 0.1) is 14.2 Å². The number of likely N-dealkylation sites (N-methyl/N-ethyl adjacent to an activating group) is 1. The highest BCUT2D eigenvalue weighted by molar-refractivity contribution is 9.10. The number of nitrogens with one attached hydrogen (secondary N) is 1. The zero-order chi connectivity index (χ0) is 16.3. The van der Waals surface area contributed by atoms with E-state index < -0.39 is 10.0 Å². The first kappa shape index (κ1) is 17.5. The van der Waals surface area contributed by atoms with Crippen LogP contribution in [0.15, 0.2) is 21.5 Å². The van der Waals surface area contributed by atoms with E-state index in [2.05, 4.69) is 21.2 Å². The lowest BCUT2D eigenvalue weighted by atomic mass is 10.2. The summed E-state index contributed by atoms with van der Waals surface area (Å²) in [5.41, 5.74) is 0. The number of ether oxygens (including phenoxy) is 2. The molecule has 0 aliphatic carbocycles. The van der Waals surface area contributed by atoms with Gasteiger partial charge in [-0.15, -0.1) is 0 Å². The van der Waals surface area contributed by atoms with Crippen LogP contribution in [0.4, 0.5) is 0 Å². The molecule has 0 aromatic heterocycles. The van der Waals surface area contributed by atoms with Crippen molar-refractivity contribution in [1.82, 2.24) is 9.62 Å². The first-order valence-corrected chi connectivity index (χ1v) is 9.27. The molecule has 8 heteroatoms. The quantitative estimate of drug-likeness (QED) is 0.799. The second-order valence-corrected chi connectivity index (χ2v) is 7.82. The summed E-state index contributed by atoms with van der Waals surface area (Å²) in [5, 5.41) is 3.06. The summed E-state index contributed by atoms with van der Waals surface area (Å²) in [7, 11) is 1.25. The van der Waals surface area contributed by atoms with Crippen molar-refractivity contribution in [1.29, 1.82) is 0 Å². The maximum absolute atomic E-state index is 13.0. The normalized spacial score (nSPS) is 19.4. The molecule has 0 bridgehead atoms. The van der Waals surface area contributed by atoms with Gasteiger partial charge in [0.2, 0.25) is 10.0 Å². The van der Waals surface area contributed by atoms with Gasteiger partial charge < -0.3 is 14.8 Å². The fraction of sp³-hybridized carbons (Fsp3) is 0.571. The van der Waals surface area contributed by atoms with Gasteiger partial charge in [0, 0.05) is 29.7 Å². The molecular weight excluding hydrogens is 372 g/mol. The number of hydrogen-bond acceptors (Lipinski definition) is 5. The number of rotatable bonds is 6. The van der Waals surface area contributed by atoms with E-state index >= 15 is 0 Å². The van der Waals surface area contributed by atoms with E-state index in [1.807, 2.05) is 7.05 Å². The van der Waals surface area contributed by atoms with Crippen molar-refractivity contribution in [2.45, 2.75) is 23.8 Å². The largest absolute Gasteiger partial charge is 0.493 e. The van der Waals surface area contributed by atoms with Gasteiger partial charge in [-0.25, -0.2) is 8.42 Å². The van der Waals surface area contributed by atoms with Gasteiger partial charge in [-0.3, -0.25) is 0 Å². The van der Waals surface area contributed by atoms with E-state index in [1.54, 1.807) is 10.4 Å². The molecular formula is C14H21BrN2O4S. The summed E-state index contributed by atoms with van der Waals surface area (Å²) in [4.78, 5) is 0.202. The molecule has 1 fully saturated rings. The van der Waals surface area contributed by atoms with Crippen LogP contribution in [0.5, 0.6) is 11.5 Å². The predicted molar refractivity (Wildman–Crippen MR) is 88.1 cm³/mol. The first-order chi connectivity index (χ1) is 10.5. The fourth-order valence-corrected chi connectivity index (χ4v) is 5.42. The van der Waals surface area contributed by atoms with Crippen molar-refractivity contribution >= 4 is 26.0 Å². The lowest BCUT2D eigenvalue weighted by Gasteiger charge is -2.25. The Kier molecular flexibility index (Phi) is 5.70. The molecule has 1 N–H and O–H groups in total. The molecule has 1 atom stereocenters. The molecule has 1 aliphatic heterocycles. The Bertz CT molecular complexity index is 636. The third-order valence-electron chi connectivity index (χ3n) is 3.79. The number of hydrogen-bond donors (Lipinski definition) is 1. The Morgan fingerprint density at radius 2 is 1.95 bits per heavy atom. The molecule has 1 aromatic carbocycles. The minimum atomic E-state index is -3.59. The number of sulfonamides is 1. The van der Waals surface area contributed by atoms with Crippen molar-refractivity contribution in [3.05, 3.63) is 16.6 Å². The molecule has 2 rings (SSSR count). The molecule has 6 nitrogen and oxygen atoms in total. The maximum atomic E-state index is 13.0. The zero-order valence-corrected chi connectivity index (χ0v) is 15.3. The monoisotopic (exact) mass is 392 g/mol. The highest BCUT2D eigenvalue weighted by atomic mass is 79.9. The Morgan fingerprint density at radius 1 is 1.32 bits per heavy atom. The molecule has 1 aromatic rings. The second kappa shape index (κ2) is 7.16. The van der Waals surface area contributed by atoms with Crippen molar-refractivity contribution < 1.29 is 17.9 Å². The summed E-state index contributed by atoms with van der Waals surface area (Å²) in [6.45, 7) is 1.18. The Balaban J connectivity index is 2.45. The number of methoxy groups -OCH3 is 2. The van der Waals surface area contributed by atoms with Crippen molar-refractivity contribution in [3.63, 3.8) is 0 Å². The molecule has 0 unspecified atom stereocenters. The molecule has 22 heavy (non-hydrogen) atoms. The first-order valence-electron chi connectivity index (χ1n) is 7.03. The van der Waals surface area contributed by atoms with Gasteiger partial charge >= 0.3 is 0 Å². The van der Waals surface area contributed by atoms with Crippen molar-refractivity contribution in [2.24, 2.45) is 0 Å². The number of halogens is 1. The standard InChI is InChI=1S/C14H21BrN2O4S/c1-16-9-10-5-4-6-17(10)22(18,19)14-8-13(21-3)12(20-2)7-11(14)15/h7-8,10,16H,4-6,9H2,1-3H3/t10-/m0/s1. The third kappa shape index (κ3) is 3.24. The van der Waals surface area contributed by atoms with Crippen LogP contribution in [0.2, 0.25) is 0 Å². The lowest BCUT2D eigenvalue weighted by Crippen LogP contribution is -2.40. The molecule has 1 heterocycles. The van der Waals surface area contributed by atoms with E-state index in [1.165, 1.54) is 20.3 Å². The highest BCUT2D eigenvalue weighted by Gasteiger charge is 2.36. The molecule has 0 saturated carbocycles. The third-order valence-corrected chi connectivity index (χ3v) is 6.70.